The van der Waals surface area contributed by atoms with Crippen LogP contribution in [-0.4, -0.2) is 17.7 Å². The number of rotatable bonds is 9. The molecule has 1 rings (SSSR count). The van der Waals surface area contributed by atoms with Crippen molar-refractivity contribution < 1.29 is 14.6 Å². The van der Waals surface area contributed by atoms with Gasteiger partial charge in [0.2, 0.25) is 0 Å². The lowest BCUT2D eigenvalue weighted by Gasteiger charge is -2.13. The molecule has 0 saturated carbocycles. The second-order valence-corrected chi connectivity index (χ2v) is 6.91. The Morgan fingerprint density at radius 3 is 2.50 bits per heavy atom. The summed E-state index contributed by atoms with van der Waals surface area (Å²) in [7, 11) is 0. The number of hydrogen-bond donors (Lipinski definition) is 1. The van der Waals surface area contributed by atoms with E-state index in [0.717, 1.165) is 30.6 Å². The molecule has 1 aromatic rings. The van der Waals surface area contributed by atoms with Crippen molar-refractivity contribution in [1.82, 2.24) is 0 Å². The molecule has 24 heavy (non-hydrogen) atoms. The van der Waals surface area contributed by atoms with Crippen molar-refractivity contribution in [3.63, 3.8) is 0 Å². The van der Waals surface area contributed by atoms with Gasteiger partial charge in [-0.15, -0.1) is 0 Å². The first-order valence-electron chi connectivity index (χ1n) is 8.57. The van der Waals surface area contributed by atoms with E-state index in [1.807, 2.05) is 0 Å². The molecule has 0 radical (unpaired) electrons. The lowest BCUT2D eigenvalue weighted by Crippen LogP contribution is -2.04. The predicted molar refractivity (Wildman–Crippen MR) is 99.9 cm³/mol. The van der Waals surface area contributed by atoms with Gasteiger partial charge >= 0.3 is 5.97 Å². The zero-order valence-corrected chi connectivity index (χ0v) is 15.6. The maximum atomic E-state index is 11.1. The SMILES string of the molecule is CC(C)=CCC/C(C)=C/COc1ccc(C(=O)O)cc1CC(C)C. The molecule has 1 aromatic carbocycles. The number of allylic oxidation sites excluding steroid dienone is 3. The van der Waals surface area contributed by atoms with E-state index in [-0.39, 0.29) is 0 Å². The van der Waals surface area contributed by atoms with Gasteiger partial charge < -0.3 is 9.84 Å². The van der Waals surface area contributed by atoms with Gasteiger partial charge in [0.05, 0.1) is 5.56 Å². The minimum absolute atomic E-state index is 0.312. The molecule has 0 aliphatic rings. The molecule has 0 atom stereocenters. The first-order valence-corrected chi connectivity index (χ1v) is 8.57. The van der Waals surface area contributed by atoms with Crippen molar-refractivity contribution in [2.45, 2.75) is 53.9 Å². The molecular weight excluding hydrogens is 300 g/mol. The average molecular weight is 330 g/mol. The van der Waals surface area contributed by atoms with Crippen molar-refractivity contribution in [3.05, 3.63) is 52.6 Å². The monoisotopic (exact) mass is 330 g/mol. The number of carbonyl (C=O) groups is 1. The molecule has 0 amide bonds. The largest absolute Gasteiger partial charge is 0.489 e. The second kappa shape index (κ2) is 9.96. The Hall–Kier alpha value is -2.03. The van der Waals surface area contributed by atoms with Crippen LogP contribution in [-0.2, 0) is 6.42 Å². The summed E-state index contributed by atoms with van der Waals surface area (Å²) in [6.45, 7) is 11.1. The Bertz CT molecular complexity index is 606. The van der Waals surface area contributed by atoms with Crippen molar-refractivity contribution in [2.75, 3.05) is 6.61 Å². The van der Waals surface area contributed by atoms with Gasteiger partial charge in [-0.3, -0.25) is 0 Å². The first-order chi connectivity index (χ1) is 11.3. The molecule has 0 fully saturated rings. The molecule has 0 heterocycles. The molecule has 3 nitrogen and oxygen atoms in total. The Balaban J connectivity index is 2.72. The first kappa shape index (κ1) is 20.0. The van der Waals surface area contributed by atoms with Crippen LogP contribution >= 0.6 is 0 Å². The van der Waals surface area contributed by atoms with E-state index in [2.05, 4.69) is 46.8 Å². The van der Waals surface area contributed by atoms with Gasteiger partial charge in [-0.2, -0.15) is 0 Å². The number of ether oxygens (including phenoxy) is 1. The van der Waals surface area contributed by atoms with E-state index in [4.69, 9.17) is 9.84 Å². The number of carboxylic acid groups (broad SMARTS) is 1. The third-order valence-electron chi connectivity index (χ3n) is 3.70. The maximum Gasteiger partial charge on any atom is 0.335 e. The van der Waals surface area contributed by atoms with Crippen molar-refractivity contribution in [3.8, 4) is 5.75 Å². The van der Waals surface area contributed by atoms with Crippen molar-refractivity contribution in [2.24, 2.45) is 5.92 Å². The number of carboxylic acids is 1. The summed E-state index contributed by atoms with van der Waals surface area (Å²) in [4.78, 5) is 11.1. The standard InChI is InChI=1S/C21H30O3/c1-15(2)7-6-8-17(5)11-12-24-20-10-9-18(21(22)23)14-19(20)13-16(3)4/h7,9-11,14,16H,6,8,12-13H2,1-5H3,(H,22,23)/b17-11+. The molecule has 132 valence electrons. The molecule has 0 saturated heterocycles. The highest BCUT2D eigenvalue weighted by Crippen LogP contribution is 2.23. The van der Waals surface area contributed by atoms with Gasteiger partial charge in [0, 0.05) is 0 Å². The fraction of sp³-hybridized carbons (Fsp3) is 0.476. The van der Waals surface area contributed by atoms with Crippen molar-refractivity contribution in [1.29, 1.82) is 0 Å². The molecule has 0 spiro atoms. The topological polar surface area (TPSA) is 46.5 Å². The Morgan fingerprint density at radius 1 is 1.21 bits per heavy atom. The fourth-order valence-electron chi connectivity index (χ4n) is 2.42. The summed E-state index contributed by atoms with van der Waals surface area (Å²) in [5.41, 5.74) is 3.92. The van der Waals surface area contributed by atoms with Crippen LogP contribution in [0.4, 0.5) is 0 Å². The van der Waals surface area contributed by atoms with Crippen LogP contribution in [0.15, 0.2) is 41.5 Å². The normalized spacial score (nSPS) is 11.5. The molecule has 0 aliphatic carbocycles. The molecule has 1 N–H and O–H groups in total. The Labute approximate surface area is 146 Å². The maximum absolute atomic E-state index is 11.1. The zero-order valence-electron chi connectivity index (χ0n) is 15.6. The lowest BCUT2D eigenvalue weighted by molar-refractivity contribution is 0.0696. The fourth-order valence-corrected chi connectivity index (χ4v) is 2.42. The summed E-state index contributed by atoms with van der Waals surface area (Å²) in [6.07, 6.45) is 7.23. The zero-order chi connectivity index (χ0) is 18.1. The van der Waals surface area contributed by atoms with E-state index in [1.165, 1.54) is 11.1 Å². The summed E-state index contributed by atoms with van der Waals surface area (Å²) in [6, 6.07) is 5.10. The van der Waals surface area contributed by atoms with E-state index >= 15 is 0 Å². The van der Waals surface area contributed by atoms with E-state index in [0.29, 0.717) is 18.1 Å². The lowest BCUT2D eigenvalue weighted by atomic mass is 10.00. The second-order valence-electron chi connectivity index (χ2n) is 6.91. The highest BCUT2D eigenvalue weighted by molar-refractivity contribution is 5.88. The minimum atomic E-state index is -0.901. The molecule has 0 aliphatic heterocycles. The third-order valence-corrected chi connectivity index (χ3v) is 3.70. The van der Waals surface area contributed by atoms with Gasteiger partial charge in [0.25, 0.3) is 0 Å². The van der Waals surface area contributed by atoms with Gasteiger partial charge in [0.1, 0.15) is 12.4 Å². The van der Waals surface area contributed by atoms with Crippen LogP contribution in [0, 0.1) is 5.92 Å². The highest BCUT2D eigenvalue weighted by atomic mass is 16.5. The summed E-state index contributed by atoms with van der Waals surface area (Å²) >= 11 is 0. The Kier molecular flexibility index (Phi) is 8.31. The van der Waals surface area contributed by atoms with E-state index < -0.39 is 5.97 Å². The van der Waals surface area contributed by atoms with Gasteiger partial charge in [-0.25, -0.2) is 4.79 Å². The van der Waals surface area contributed by atoms with Crippen LogP contribution in [0.1, 0.15) is 63.4 Å². The number of hydrogen-bond acceptors (Lipinski definition) is 2. The minimum Gasteiger partial charge on any atom is -0.489 e. The van der Waals surface area contributed by atoms with Crippen LogP contribution in [0.2, 0.25) is 0 Å². The van der Waals surface area contributed by atoms with Crippen LogP contribution < -0.4 is 4.74 Å². The van der Waals surface area contributed by atoms with Crippen molar-refractivity contribution >= 4 is 5.97 Å². The Morgan fingerprint density at radius 2 is 1.92 bits per heavy atom. The van der Waals surface area contributed by atoms with Crippen LogP contribution in [0.25, 0.3) is 0 Å². The van der Waals surface area contributed by atoms with E-state index in [9.17, 15) is 4.79 Å². The molecule has 3 heteroatoms. The molecule has 0 bridgehead atoms. The highest BCUT2D eigenvalue weighted by Gasteiger charge is 2.10. The van der Waals surface area contributed by atoms with Gasteiger partial charge in [-0.05, 0) is 75.8 Å². The van der Waals surface area contributed by atoms with E-state index in [1.54, 1.807) is 18.2 Å². The van der Waals surface area contributed by atoms with Crippen LogP contribution in [0.5, 0.6) is 5.75 Å². The summed E-state index contributed by atoms with van der Waals surface area (Å²) in [5, 5.41) is 9.15. The van der Waals surface area contributed by atoms with Crippen LogP contribution in [0.3, 0.4) is 0 Å². The van der Waals surface area contributed by atoms with Gasteiger partial charge in [-0.1, -0.05) is 31.1 Å². The predicted octanol–water partition coefficient (Wildman–Crippen LogP) is 5.65. The smallest absolute Gasteiger partial charge is 0.335 e. The molecule has 0 unspecified atom stereocenters. The van der Waals surface area contributed by atoms with Gasteiger partial charge in [0.15, 0.2) is 0 Å². The molecule has 0 aromatic heterocycles. The average Bonchev–Trinajstić information content (AvgIpc) is 2.47. The third kappa shape index (κ3) is 7.49. The number of benzene rings is 1. The molecular formula is C21H30O3. The summed E-state index contributed by atoms with van der Waals surface area (Å²) < 4.78 is 5.89. The number of aromatic carboxylic acids is 1. The quantitative estimate of drug-likeness (QED) is 0.595. The summed E-state index contributed by atoms with van der Waals surface area (Å²) in [5.74, 6) is 0.321.